The van der Waals surface area contributed by atoms with Crippen LogP contribution in [-0.2, 0) is 14.9 Å². The highest BCUT2D eigenvalue weighted by Gasteiger charge is 2.31. The number of rotatable bonds is 5. The zero-order chi connectivity index (χ0) is 14.6. The molecule has 2 heterocycles. The molecule has 0 amide bonds. The van der Waals surface area contributed by atoms with Gasteiger partial charge in [0.15, 0.2) is 0 Å². The summed E-state index contributed by atoms with van der Waals surface area (Å²) in [5.74, 6) is 0. The number of hydrogen-bond acceptors (Lipinski definition) is 5. The second-order valence-electron chi connectivity index (χ2n) is 5.89. The SMILES string of the molecule is CC(C)(CNS(=O)(=O)N1CCNCC1)N1CCOCC1. The standard InChI is InChI=1S/C12H26N4O3S/c1-12(2,15-7-9-19-10-8-15)11-14-20(17,18)16-5-3-13-4-6-16/h13-14H,3-11H2,1-2H3. The van der Waals surface area contributed by atoms with Crippen molar-refractivity contribution in [3.05, 3.63) is 0 Å². The highest BCUT2D eigenvalue weighted by Crippen LogP contribution is 2.15. The third kappa shape index (κ3) is 4.12. The number of ether oxygens (including phenoxy) is 1. The van der Waals surface area contributed by atoms with Gasteiger partial charge in [0.1, 0.15) is 0 Å². The van der Waals surface area contributed by atoms with Gasteiger partial charge in [-0.3, -0.25) is 4.90 Å². The third-order valence-corrected chi connectivity index (χ3v) is 5.52. The maximum atomic E-state index is 12.3. The van der Waals surface area contributed by atoms with E-state index in [1.54, 1.807) is 0 Å². The van der Waals surface area contributed by atoms with Gasteiger partial charge >= 0.3 is 0 Å². The van der Waals surface area contributed by atoms with E-state index in [2.05, 4.69) is 28.8 Å². The Morgan fingerprint density at radius 2 is 1.75 bits per heavy atom. The van der Waals surface area contributed by atoms with Gasteiger partial charge in [0.2, 0.25) is 0 Å². The van der Waals surface area contributed by atoms with Gasteiger partial charge in [-0.2, -0.15) is 12.7 Å². The fourth-order valence-corrected chi connectivity index (χ4v) is 3.91. The summed E-state index contributed by atoms with van der Waals surface area (Å²) in [7, 11) is -3.37. The Bertz CT molecular complexity index is 401. The van der Waals surface area contributed by atoms with E-state index in [-0.39, 0.29) is 5.54 Å². The van der Waals surface area contributed by atoms with E-state index in [4.69, 9.17) is 4.74 Å². The van der Waals surface area contributed by atoms with Gasteiger partial charge in [0.05, 0.1) is 13.2 Å². The maximum absolute atomic E-state index is 12.3. The number of nitrogens with one attached hydrogen (secondary N) is 2. The fraction of sp³-hybridized carbons (Fsp3) is 1.00. The number of hydrogen-bond donors (Lipinski definition) is 2. The van der Waals surface area contributed by atoms with Crippen LogP contribution in [0.1, 0.15) is 13.8 Å². The molecule has 8 heteroatoms. The molecule has 7 nitrogen and oxygen atoms in total. The molecule has 2 fully saturated rings. The van der Waals surface area contributed by atoms with Crippen LogP contribution in [0.5, 0.6) is 0 Å². The topological polar surface area (TPSA) is 73.9 Å². The quantitative estimate of drug-likeness (QED) is 0.670. The lowest BCUT2D eigenvalue weighted by Gasteiger charge is -2.41. The summed E-state index contributed by atoms with van der Waals surface area (Å²) in [5, 5.41) is 3.15. The molecular weight excluding hydrogens is 280 g/mol. The molecule has 0 aliphatic carbocycles. The molecule has 0 radical (unpaired) electrons. The van der Waals surface area contributed by atoms with E-state index in [1.165, 1.54) is 4.31 Å². The molecule has 2 saturated heterocycles. The Balaban J connectivity index is 1.88. The lowest BCUT2D eigenvalue weighted by Crippen LogP contribution is -2.58. The van der Waals surface area contributed by atoms with E-state index >= 15 is 0 Å². The Morgan fingerprint density at radius 3 is 2.35 bits per heavy atom. The smallest absolute Gasteiger partial charge is 0.279 e. The first kappa shape index (κ1) is 16.1. The van der Waals surface area contributed by atoms with Crippen molar-refractivity contribution in [3.8, 4) is 0 Å². The Labute approximate surface area is 121 Å². The van der Waals surface area contributed by atoms with E-state index in [0.29, 0.717) is 45.9 Å². The zero-order valence-electron chi connectivity index (χ0n) is 12.4. The first-order valence-corrected chi connectivity index (χ1v) is 8.64. The Morgan fingerprint density at radius 1 is 1.15 bits per heavy atom. The van der Waals surface area contributed by atoms with Crippen molar-refractivity contribution in [3.63, 3.8) is 0 Å². The Hall–Kier alpha value is -0.250. The average Bonchev–Trinajstić information content (AvgIpc) is 2.47. The molecule has 0 aromatic carbocycles. The van der Waals surface area contributed by atoms with Gasteiger partial charge in [-0.1, -0.05) is 0 Å². The Kier molecular flexibility index (Phi) is 5.38. The van der Waals surface area contributed by atoms with Gasteiger partial charge < -0.3 is 10.1 Å². The molecule has 0 spiro atoms. The van der Waals surface area contributed by atoms with Gasteiger partial charge in [-0.25, -0.2) is 4.72 Å². The second-order valence-corrected chi connectivity index (χ2v) is 7.64. The normalized spacial score (nSPS) is 23.9. The fourth-order valence-electron chi connectivity index (χ4n) is 2.52. The minimum atomic E-state index is -3.37. The summed E-state index contributed by atoms with van der Waals surface area (Å²) in [6.07, 6.45) is 0. The monoisotopic (exact) mass is 306 g/mol. The molecule has 2 rings (SSSR count). The molecule has 2 aliphatic heterocycles. The molecule has 0 aromatic rings. The zero-order valence-corrected chi connectivity index (χ0v) is 13.2. The molecule has 0 saturated carbocycles. The van der Waals surface area contributed by atoms with Crippen LogP contribution < -0.4 is 10.0 Å². The van der Waals surface area contributed by atoms with Crippen molar-refractivity contribution in [1.82, 2.24) is 19.2 Å². The van der Waals surface area contributed by atoms with E-state index < -0.39 is 10.2 Å². The van der Waals surface area contributed by atoms with Crippen LogP contribution in [0.3, 0.4) is 0 Å². The van der Waals surface area contributed by atoms with Crippen molar-refractivity contribution in [2.75, 3.05) is 59.0 Å². The average molecular weight is 306 g/mol. The third-order valence-electron chi connectivity index (χ3n) is 3.97. The van der Waals surface area contributed by atoms with Crippen LogP contribution in [-0.4, -0.2) is 82.2 Å². The number of morpholine rings is 1. The van der Waals surface area contributed by atoms with Gasteiger partial charge in [-0.15, -0.1) is 0 Å². The largest absolute Gasteiger partial charge is 0.379 e. The van der Waals surface area contributed by atoms with Crippen LogP contribution in [0.2, 0.25) is 0 Å². The predicted octanol–water partition coefficient (Wildman–Crippen LogP) is -1.16. The lowest BCUT2D eigenvalue weighted by molar-refractivity contribution is -0.00813. The van der Waals surface area contributed by atoms with Crippen LogP contribution in [0.25, 0.3) is 0 Å². The highest BCUT2D eigenvalue weighted by atomic mass is 32.2. The predicted molar refractivity (Wildman–Crippen MR) is 77.8 cm³/mol. The van der Waals surface area contributed by atoms with Crippen LogP contribution in [0.4, 0.5) is 0 Å². The van der Waals surface area contributed by atoms with Crippen molar-refractivity contribution < 1.29 is 13.2 Å². The van der Waals surface area contributed by atoms with E-state index in [0.717, 1.165) is 13.1 Å². The first-order valence-electron chi connectivity index (χ1n) is 7.20. The highest BCUT2D eigenvalue weighted by molar-refractivity contribution is 7.87. The van der Waals surface area contributed by atoms with E-state index in [1.807, 2.05) is 0 Å². The molecule has 0 unspecified atom stereocenters. The first-order chi connectivity index (χ1) is 9.42. The minimum Gasteiger partial charge on any atom is -0.379 e. The summed E-state index contributed by atoms with van der Waals surface area (Å²) in [6, 6.07) is 0. The number of piperazine rings is 1. The molecule has 20 heavy (non-hydrogen) atoms. The minimum absolute atomic E-state index is 0.203. The van der Waals surface area contributed by atoms with Crippen molar-refractivity contribution in [2.24, 2.45) is 0 Å². The van der Waals surface area contributed by atoms with Crippen LogP contribution in [0, 0.1) is 0 Å². The molecule has 2 N–H and O–H groups in total. The summed E-state index contributed by atoms with van der Waals surface area (Å²) in [4.78, 5) is 2.27. The molecule has 0 bridgehead atoms. The molecule has 0 atom stereocenters. The maximum Gasteiger partial charge on any atom is 0.279 e. The van der Waals surface area contributed by atoms with Crippen LogP contribution >= 0.6 is 0 Å². The summed E-state index contributed by atoms with van der Waals surface area (Å²) in [6.45, 7) is 10.2. The van der Waals surface area contributed by atoms with Gasteiger partial charge in [0, 0.05) is 51.4 Å². The van der Waals surface area contributed by atoms with Crippen molar-refractivity contribution in [1.29, 1.82) is 0 Å². The second kappa shape index (κ2) is 6.67. The lowest BCUT2D eigenvalue weighted by atomic mass is 10.0. The molecule has 0 aromatic heterocycles. The van der Waals surface area contributed by atoms with Gasteiger partial charge in [0.25, 0.3) is 10.2 Å². The van der Waals surface area contributed by atoms with Gasteiger partial charge in [-0.05, 0) is 13.8 Å². The van der Waals surface area contributed by atoms with Crippen molar-refractivity contribution >= 4 is 10.2 Å². The summed E-state index contributed by atoms with van der Waals surface area (Å²) in [5.41, 5.74) is -0.203. The van der Waals surface area contributed by atoms with E-state index in [9.17, 15) is 8.42 Å². The van der Waals surface area contributed by atoms with Crippen LogP contribution in [0.15, 0.2) is 0 Å². The summed E-state index contributed by atoms with van der Waals surface area (Å²) >= 11 is 0. The molecule has 2 aliphatic rings. The molecule has 118 valence electrons. The molecular formula is C12H26N4O3S. The summed E-state index contributed by atoms with van der Waals surface area (Å²) < 4.78 is 34.1. The number of nitrogens with zero attached hydrogens (tertiary/aromatic N) is 2. The van der Waals surface area contributed by atoms with Crippen molar-refractivity contribution in [2.45, 2.75) is 19.4 Å².